The predicted octanol–water partition coefficient (Wildman–Crippen LogP) is 1.94. The Morgan fingerprint density at radius 2 is 2.14 bits per heavy atom. The molecule has 2 rings (SSSR count). The van der Waals surface area contributed by atoms with E-state index in [1.54, 1.807) is 22.8 Å². The first-order valence-corrected chi connectivity index (χ1v) is 4.18. The number of nitrogens with zero attached hydrogens (tertiary/aromatic N) is 1. The molecule has 1 N–H and O–H groups in total. The minimum atomic E-state index is -0.924. The van der Waals surface area contributed by atoms with Gasteiger partial charge in [0.2, 0.25) is 0 Å². The maximum atomic E-state index is 10.7. The third-order valence-corrected chi connectivity index (χ3v) is 2.33. The molecule has 0 fully saturated rings. The summed E-state index contributed by atoms with van der Waals surface area (Å²) in [6.45, 7) is 5.69. The number of carboxylic acid groups (broad SMARTS) is 1. The van der Waals surface area contributed by atoms with Gasteiger partial charge in [-0.25, -0.2) is 4.79 Å². The van der Waals surface area contributed by atoms with Crippen LogP contribution in [0.5, 0.6) is 0 Å². The third-order valence-electron chi connectivity index (χ3n) is 2.33. The second-order valence-electron chi connectivity index (χ2n) is 3.21. The van der Waals surface area contributed by atoms with Crippen LogP contribution in [-0.4, -0.2) is 15.6 Å². The predicted molar refractivity (Wildman–Crippen MR) is 53.3 cm³/mol. The summed E-state index contributed by atoms with van der Waals surface area (Å²) < 4.78 is 1.77. The van der Waals surface area contributed by atoms with Gasteiger partial charge in [-0.15, -0.1) is 0 Å². The van der Waals surface area contributed by atoms with E-state index in [0.29, 0.717) is 5.69 Å². The zero-order chi connectivity index (χ0) is 10.3. The smallest absolute Gasteiger partial charge is 0.335 e. The quantitative estimate of drug-likeness (QED) is 0.741. The number of benzene rings is 1. The number of aromatic carboxylic acids is 1. The van der Waals surface area contributed by atoms with Crippen molar-refractivity contribution in [2.24, 2.45) is 7.05 Å². The average molecular weight is 187 g/mol. The zero-order valence-corrected chi connectivity index (χ0v) is 7.69. The van der Waals surface area contributed by atoms with E-state index < -0.39 is 5.97 Å². The van der Waals surface area contributed by atoms with Gasteiger partial charge in [0.1, 0.15) is 0 Å². The third kappa shape index (κ3) is 1.18. The standard InChI is InChI=1S/C11H9NO2/c1-7-5-8-3-4-9(11(13)14)6-10(8)12(7)2/h1,3-6H,2H3,(H,13,14). The Bertz CT molecular complexity index is 511. The maximum absolute atomic E-state index is 10.7. The lowest BCUT2D eigenvalue weighted by Crippen LogP contribution is -1.96. The first-order chi connectivity index (χ1) is 6.59. The van der Waals surface area contributed by atoms with E-state index in [1.807, 2.05) is 13.1 Å². The molecule has 0 aliphatic carbocycles. The van der Waals surface area contributed by atoms with Crippen molar-refractivity contribution in [2.75, 3.05) is 0 Å². The number of carboxylic acids is 1. The number of hydrogen-bond acceptors (Lipinski definition) is 1. The van der Waals surface area contributed by atoms with Crippen LogP contribution < -0.4 is 0 Å². The maximum Gasteiger partial charge on any atom is 0.335 e. The summed E-state index contributed by atoms with van der Waals surface area (Å²) >= 11 is 0. The number of fused-ring (bicyclic) bond motifs is 1. The van der Waals surface area contributed by atoms with Crippen molar-refractivity contribution < 1.29 is 9.90 Å². The van der Waals surface area contributed by atoms with Crippen molar-refractivity contribution in [1.82, 2.24) is 4.57 Å². The highest BCUT2D eigenvalue weighted by atomic mass is 16.4. The summed E-state index contributed by atoms with van der Waals surface area (Å²) in [6.07, 6.45) is 0. The molecule has 14 heavy (non-hydrogen) atoms. The number of rotatable bonds is 1. The highest BCUT2D eigenvalue weighted by Crippen LogP contribution is 2.19. The Kier molecular flexibility index (Phi) is 1.81. The van der Waals surface area contributed by atoms with Crippen molar-refractivity contribution in [2.45, 2.75) is 0 Å². The minimum Gasteiger partial charge on any atom is -0.478 e. The molecule has 0 aliphatic heterocycles. The number of carbonyl (C=O) groups is 1. The van der Waals surface area contributed by atoms with Crippen molar-refractivity contribution in [3.63, 3.8) is 0 Å². The van der Waals surface area contributed by atoms with Gasteiger partial charge in [-0.05, 0) is 23.6 Å². The summed E-state index contributed by atoms with van der Waals surface area (Å²) in [5.74, 6) is -0.924. The molecule has 3 heteroatoms. The van der Waals surface area contributed by atoms with E-state index in [4.69, 9.17) is 12.0 Å². The molecule has 0 aliphatic rings. The fourth-order valence-corrected chi connectivity index (χ4v) is 1.48. The lowest BCUT2D eigenvalue weighted by atomic mass is 10.1. The molecule has 0 atom stereocenters. The lowest BCUT2D eigenvalue weighted by molar-refractivity contribution is 0.0697. The van der Waals surface area contributed by atoms with Gasteiger partial charge in [-0.3, -0.25) is 0 Å². The van der Waals surface area contributed by atoms with Crippen molar-refractivity contribution >= 4 is 16.9 Å². The van der Waals surface area contributed by atoms with Gasteiger partial charge in [0.25, 0.3) is 0 Å². The molecule has 2 radical (unpaired) electrons. The monoisotopic (exact) mass is 187 g/mol. The summed E-state index contributed by atoms with van der Waals surface area (Å²) in [5, 5.41) is 9.76. The van der Waals surface area contributed by atoms with Crippen LogP contribution in [0.2, 0.25) is 0 Å². The molecule has 0 saturated heterocycles. The van der Waals surface area contributed by atoms with Crippen LogP contribution in [0.1, 0.15) is 16.1 Å². The molecule has 0 saturated carbocycles. The van der Waals surface area contributed by atoms with Crippen LogP contribution in [0, 0.1) is 6.92 Å². The van der Waals surface area contributed by atoms with Crippen LogP contribution in [0.15, 0.2) is 24.3 Å². The largest absolute Gasteiger partial charge is 0.478 e. The minimum absolute atomic E-state index is 0.277. The lowest BCUT2D eigenvalue weighted by Gasteiger charge is -1.99. The summed E-state index contributed by atoms with van der Waals surface area (Å²) in [7, 11) is 1.81. The van der Waals surface area contributed by atoms with E-state index in [0.717, 1.165) is 10.9 Å². The van der Waals surface area contributed by atoms with Gasteiger partial charge in [0, 0.05) is 25.2 Å². The van der Waals surface area contributed by atoms with Gasteiger partial charge in [0.15, 0.2) is 0 Å². The topological polar surface area (TPSA) is 42.2 Å². The van der Waals surface area contributed by atoms with Crippen molar-refractivity contribution in [3.05, 3.63) is 42.4 Å². The van der Waals surface area contributed by atoms with Crippen LogP contribution in [0.3, 0.4) is 0 Å². The van der Waals surface area contributed by atoms with Gasteiger partial charge in [-0.2, -0.15) is 0 Å². The first kappa shape index (κ1) is 8.81. The van der Waals surface area contributed by atoms with Gasteiger partial charge in [0.05, 0.1) is 5.56 Å². The SMILES string of the molecule is [CH]c1cc2ccc(C(=O)O)cc2n1C. The van der Waals surface area contributed by atoms with Crippen LogP contribution in [-0.2, 0) is 7.05 Å². The second kappa shape index (κ2) is 2.87. The van der Waals surface area contributed by atoms with Crippen molar-refractivity contribution in [3.8, 4) is 0 Å². The highest BCUT2D eigenvalue weighted by molar-refractivity contribution is 5.93. The van der Waals surface area contributed by atoms with Crippen molar-refractivity contribution in [1.29, 1.82) is 0 Å². The zero-order valence-electron chi connectivity index (χ0n) is 7.69. The first-order valence-electron chi connectivity index (χ1n) is 4.18. The molecule has 2 aromatic rings. The van der Waals surface area contributed by atoms with Gasteiger partial charge >= 0.3 is 5.97 Å². The highest BCUT2D eigenvalue weighted by Gasteiger charge is 2.06. The number of aromatic nitrogens is 1. The molecule has 0 unspecified atom stereocenters. The summed E-state index contributed by atoms with van der Waals surface area (Å²) in [5.41, 5.74) is 1.74. The number of aryl methyl sites for hydroxylation is 1. The average Bonchev–Trinajstić information content (AvgIpc) is 2.43. The Balaban J connectivity index is 2.76. The Labute approximate surface area is 81.6 Å². The fourth-order valence-electron chi connectivity index (χ4n) is 1.48. The fraction of sp³-hybridized carbons (Fsp3) is 0.0909. The molecule has 0 amide bonds. The van der Waals surface area contributed by atoms with E-state index in [2.05, 4.69) is 0 Å². The second-order valence-corrected chi connectivity index (χ2v) is 3.21. The van der Waals surface area contributed by atoms with Gasteiger partial charge < -0.3 is 9.67 Å². The Hall–Kier alpha value is -1.77. The van der Waals surface area contributed by atoms with E-state index in [9.17, 15) is 4.79 Å². The molecule has 1 aromatic heterocycles. The van der Waals surface area contributed by atoms with E-state index in [-0.39, 0.29) is 5.56 Å². The Morgan fingerprint density at radius 3 is 2.79 bits per heavy atom. The van der Waals surface area contributed by atoms with Crippen LogP contribution in [0.25, 0.3) is 10.9 Å². The van der Waals surface area contributed by atoms with Crippen LogP contribution in [0.4, 0.5) is 0 Å². The summed E-state index contributed by atoms with van der Waals surface area (Å²) in [6, 6.07) is 6.77. The van der Waals surface area contributed by atoms with Gasteiger partial charge in [-0.1, -0.05) is 6.07 Å². The van der Waals surface area contributed by atoms with Crippen LogP contribution >= 0.6 is 0 Å². The molecular weight excluding hydrogens is 178 g/mol. The molecular formula is C11H9NO2. The Morgan fingerprint density at radius 1 is 1.43 bits per heavy atom. The molecule has 3 nitrogen and oxygen atoms in total. The molecule has 0 spiro atoms. The normalized spacial score (nSPS) is 10.7. The summed E-state index contributed by atoms with van der Waals surface area (Å²) in [4.78, 5) is 10.7. The molecule has 1 aromatic carbocycles. The number of hydrogen-bond donors (Lipinski definition) is 1. The molecule has 70 valence electrons. The molecule has 1 heterocycles. The van der Waals surface area contributed by atoms with E-state index in [1.165, 1.54) is 0 Å². The molecule has 0 bridgehead atoms. The van der Waals surface area contributed by atoms with E-state index >= 15 is 0 Å².